The highest BCUT2D eigenvalue weighted by Crippen LogP contribution is 2.31. The van der Waals surface area contributed by atoms with Gasteiger partial charge in [0.2, 0.25) is 5.95 Å². The van der Waals surface area contributed by atoms with Gasteiger partial charge >= 0.3 is 6.03 Å². The topological polar surface area (TPSA) is 115 Å². The molecule has 0 aliphatic heterocycles. The van der Waals surface area contributed by atoms with Gasteiger partial charge in [-0.3, -0.25) is 9.58 Å². The Morgan fingerprint density at radius 1 is 0.953 bits per heavy atom. The zero-order valence-electron chi connectivity index (χ0n) is 24.3. The van der Waals surface area contributed by atoms with Crippen molar-refractivity contribution >= 4 is 17.7 Å². The number of benzene rings is 2. The predicted octanol–water partition coefficient (Wildman–Crippen LogP) is 5.21. The fraction of sp³-hybridized carbons (Fsp3) is 0.281. The van der Waals surface area contributed by atoms with Crippen molar-refractivity contribution in [3.05, 3.63) is 97.2 Å². The van der Waals surface area contributed by atoms with Gasteiger partial charge in [0.1, 0.15) is 0 Å². The molecule has 1 aliphatic rings. The zero-order valence-corrected chi connectivity index (χ0v) is 24.3. The van der Waals surface area contributed by atoms with Crippen LogP contribution < -0.4 is 20.3 Å². The summed E-state index contributed by atoms with van der Waals surface area (Å²) in [6, 6.07) is 20.1. The number of hydrogen-bond donors (Lipinski definition) is 2. The van der Waals surface area contributed by atoms with Gasteiger partial charge in [-0.1, -0.05) is 42.5 Å². The first-order valence-electron chi connectivity index (χ1n) is 14.4. The van der Waals surface area contributed by atoms with Crippen LogP contribution in [-0.4, -0.2) is 54.8 Å². The van der Waals surface area contributed by atoms with E-state index in [-0.39, 0.29) is 18.1 Å². The first-order valence-corrected chi connectivity index (χ1v) is 14.4. The zero-order chi connectivity index (χ0) is 29.6. The van der Waals surface area contributed by atoms with Crippen molar-refractivity contribution in [2.75, 3.05) is 17.3 Å². The fourth-order valence-corrected chi connectivity index (χ4v) is 5.48. The van der Waals surface area contributed by atoms with Crippen LogP contribution in [0.5, 0.6) is 5.75 Å². The number of nitrogens with zero attached hydrogens (tertiary/aromatic N) is 7. The molecule has 3 heterocycles. The van der Waals surface area contributed by atoms with Gasteiger partial charge in [-0.05, 0) is 48.9 Å². The molecule has 1 saturated carbocycles. The average molecular weight is 578 g/mol. The van der Waals surface area contributed by atoms with E-state index in [2.05, 4.69) is 42.9 Å². The summed E-state index contributed by atoms with van der Waals surface area (Å²) in [5.41, 5.74) is 4.04. The summed E-state index contributed by atoms with van der Waals surface area (Å²) >= 11 is 0. The van der Waals surface area contributed by atoms with E-state index in [0.29, 0.717) is 24.1 Å². The molecule has 3 aromatic heterocycles. The first-order chi connectivity index (χ1) is 21.1. The second-order valence-corrected chi connectivity index (χ2v) is 10.7. The van der Waals surface area contributed by atoms with Crippen molar-refractivity contribution in [1.29, 1.82) is 0 Å². The molecule has 2 N–H and O–H groups in total. The van der Waals surface area contributed by atoms with Crippen molar-refractivity contribution in [1.82, 2.24) is 34.8 Å². The van der Waals surface area contributed by atoms with Gasteiger partial charge in [0, 0.05) is 55.4 Å². The van der Waals surface area contributed by atoms with E-state index in [4.69, 9.17) is 4.74 Å². The number of urea groups is 1. The minimum atomic E-state index is -0.0972. The number of aryl methyl sites for hydroxylation is 1. The largest absolute Gasteiger partial charge is 0.493 e. The molecule has 0 radical (unpaired) electrons. The minimum Gasteiger partial charge on any atom is -0.493 e. The first kappa shape index (κ1) is 28.0. The maximum atomic E-state index is 13.7. The standard InChI is InChI=1S/C32H35N9O2/c1-39-21-25(19-35-39)24-8-12-27(13-9-24)41(32(42)34-18-23-6-4-3-5-7-23)28-14-10-26(11-15-28)37-31-33-17-16-30(38-31)40-22-29(43-2)20-36-40/h3-9,12-13,16-17,19-22,26,28H,10-11,14-15,18H2,1-2H3,(H,34,42)(H,33,37,38)/t26-,28-. The van der Waals surface area contributed by atoms with Crippen LogP contribution in [0.1, 0.15) is 31.2 Å². The molecule has 11 heteroatoms. The summed E-state index contributed by atoms with van der Waals surface area (Å²) in [6.07, 6.45) is 12.4. The van der Waals surface area contributed by atoms with Crippen molar-refractivity contribution < 1.29 is 9.53 Å². The van der Waals surface area contributed by atoms with Gasteiger partial charge in [-0.15, -0.1) is 0 Å². The lowest BCUT2D eigenvalue weighted by molar-refractivity contribution is 0.240. The van der Waals surface area contributed by atoms with Crippen molar-refractivity contribution in [3.8, 4) is 22.7 Å². The number of anilines is 2. The lowest BCUT2D eigenvalue weighted by Gasteiger charge is -2.37. The summed E-state index contributed by atoms with van der Waals surface area (Å²) in [5.74, 6) is 1.87. The fourth-order valence-electron chi connectivity index (χ4n) is 5.48. The molecule has 2 amide bonds. The molecule has 0 saturated heterocycles. The van der Waals surface area contributed by atoms with E-state index < -0.39 is 0 Å². The number of ether oxygens (including phenoxy) is 1. The molecule has 2 aromatic carbocycles. The third-order valence-electron chi connectivity index (χ3n) is 7.75. The summed E-state index contributed by atoms with van der Waals surface area (Å²) < 4.78 is 8.68. The number of nitrogens with one attached hydrogen (secondary N) is 2. The molecule has 1 aliphatic carbocycles. The number of amides is 2. The third-order valence-corrected chi connectivity index (χ3v) is 7.75. The molecular formula is C32H35N9O2. The summed E-state index contributed by atoms with van der Waals surface area (Å²) in [7, 11) is 3.51. The van der Waals surface area contributed by atoms with Crippen LogP contribution in [0.2, 0.25) is 0 Å². The summed E-state index contributed by atoms with van der Waals surface area (Å²) in [5, 5.41) is 15.2. The van der Waals surface area contributed by atoms with Gasteiger partial charge < -0.3 is 15.4 Å². The van der Waals surface area contributed by atoms with Crippen molar-refractivity contribution in [3.63, 3.8) is 0 Å². The maximum absolute atomic E-state index is 13.7. The Bertz CT molecular complexity index is 1640. The normalized spacial score (nSPS) is 16.4. The third kappa shape index (κ3) is 6.66. The monoisotopic (exact) mass is 577 g/mol. The Kier molecular flexibility index (Phi) is 8.30. The van der Waals surface area contributed by atoms with Gasteiger partial charge in [-0.2, -0.15) is 15.2 Å². The van der Waals surface area contributed by atoms with Crippen LogP contribution in [0.3, 0.4) is 0 Å². The Balaban J connectivity index is 1.14. The molecule has 1 fully saturated rings. The molecular weight excluding hydrogens is 542 g/mol. The van der Waals surface area contributed by atoms with Gasteiger partial charge in [0.25, 0.3) is 0 Å². The van der Waals surface area contributed by atoms with Crippen LogP contribution >= 0.6 is 0 Å². The minimum absolute atomic E-state index is 0.0573. The van der Waals surface area contributed by atoms with E-state index >= 15 is 0 Å². The van der Waals surface area contributed by atoms with E-state index in [1.807, 2.05) is 66.8 Å². The molecule has 0 spiro atoms. The number of hydrogen-bond acceptors (Lipinski definition) is 7. The number of methoxy groups -OCH3 is 1. The number of carbonyl (C=O) groups excluding carboxylic acids is 1. The van der Waals surface area contributed by atoms with Crippen LogP contribution in [0.4, 0.5) is 16.4 Å². The SMILES string of the molecule is COc1cnn(-c2ccnc(N[C@H]3CC[C@H](N(C(=O)NCc4ccccc4)c4ccc(-c5cnn(C)c5)cc4)CC3)n2)c1. The number of aromatic nitrogens is 6. The highest BCUT2D eigenvalue weighted by Gasteiger charge is 2.30. The quantitative estimate of drug-likeness (QED) is 0.247. The lowest BCUT2D eigenvalue weighted by atomic mass is 9.90. The second kappa shape index (κ2) is 12.8. The highest BCUT2D eigenvalue weighted by molar-refractivity contribution is 5.93. The molecule has 0 bridgehead atoms. The Morgan fingerprint density at radius 3 is 2.44 bits per heavy atom. The van der Waals surface area contributed by atoms with Gasteiger partial charge in [0.15, 0.2) is 11.6 Å². The predicted molar refractivity (Wildman–Crippen MR) is 165 cm³/mol. The van der Waals surface area contributed by atoms with Crippen molar-refractivity contribution in [2.24, 2.45) is 7.05 Å². The molecule has 0 atom stereocenters. The molecule has 43 heavy (non-hydrogen) atoms. The van der Waals surface area contributed by atoms with Gasteiger partial charge in [-0.25, -0.2) is 14.5 Å². The Labute approximate surface area is 250 Å². The number of rotatable bonds is 9. The Hall–Kier alpha value is -5.19. The smallest absolute Gasteiger partial charge is 0.322 e. The van der Waals surface area contributed by atoms with E-state index in [1.54, 1.807) is 41.1 Å². The van der Waals surface area contributed by atoms with E-state index in [9.17, 15) is 4.79 Å². The highest BCUT2D eigenvalue weighted by atomic mass is 16.5. The average Bonchev–Trinajstić information content (AvgIpc) is 3.71. The van der Waals surface area contributed by atoms with Crippen molar-refractivity contribution in [2.45, 2.75) is 44.3 Å². The van der Waals surface area contributed by atoms with Gasteiger partial charge in [0.05, 0.1) is 25.7 Å². The molecule has 5 aromatic rings. The molecule has 11 nitrogen and oxygen atoms in total. The maximum Gasteiger partial charge on any atom is 0.322 e. The van der Waals surface area contributed by atoms with E-state index in [0.717, 1.165) is 48.1 Å². The summed E-state index contributed by atoms with van der Waals surface area (Å²) in [4.78, 5) is 24.7. The molecule has 220 valence electrons. The Morgan fingerprint density at radius 2 is 1.74 bits per heavy atom. The van der Waals surface area contributed by atoms with Crippen LogP contribution in [-0.2, 0) is 13.6 Å². The molecule has 6 rings (SSSR count). The lowest BCUT2D eigenvalue weighted by Crippen LogP contribution is -2.48. The van der Waals surface area contributed by atoms with Crippen LogP contribution in [0.25, 0.3) is 16.9 Å². The molecule has 0 unspecified atom stereocenters. The number of carbonyl (C=O) groups is 1. The van der Waals surface area contributed by atoms with Crippen LogP contribution in [0.15, 0.2) is 91.6 Å². The summed E-state index contributed by atoms with van der Waals surface area (Å²) in [6.45, 7) is 0.469. The van der Waals surface area contributed by atoms with E-state index in [1.165, 1.54) is 0 Å². The van der Waals surface area contributed by atoms with Crippen LogP contribution in [0, 0.1) is 0 Å². The second-order valence-electron chi connectivity index (χ2n) is 10.7.